The van der Waals surface area contributed by atoms with Crippen LogP contribution in [0, 0.1) is 22.7 Å². The summed E-state index contributed by atoms with van der Waals surface area (Å²) >= 11 is 0. The molecule has 1 aromatic heterocycles. The van der Waals surface area contributed by atoms with Crippen molar-refractivity contribution in [1.29, 1.82) is 5.26 Å². The molecule has 0 spiro atoms. The van der Waals surface area contributed by atoms with E-state index < -0.39 is 0 Å². The summed E-state index contributed by atoms with van der Waals surface area (Å²) in [6, 6.07) is 2.44. The highest BCUT2D eigenvalue weighted by atomic mass is 16.1. The molecule has 1 amide bonds. The van der Waals surface area contributed by atoms with E-state index in [0.717, 1.165) is 34.0 Å². The number of hydrogen-bond donors (Lipinski definition) is 1. The summed E-state index contributed by atoms with van der Waals surface area (Å²) in [6.07, 6.45) is 17.7. The summed E-state index contributed by atoms with van der Waals surface area (Å²) in [5, 5.41) is 11.9. The molecule has 0 bridgehead atoms. The summed E-state index contributed by atoms with van der Waals surface area (Å²) < 4.78 is 2.17. The minimum absolute atomic E-state index is 0.133. The van der Waals surface area contributed by atoms with Crippen LogP contribution < -0.4 is 16.3 Å². The Morgan fingerprint density at radius 1 is 1.31 bits per heavy atom. The highest BCUT2D eigenvalue weighted by molar-refractivity contribution is 5.81. The zero-order valence-corrected chi connectivity index (χ0v) is 17.7. The molecule has 2 aliphatic rings. The third-order valence-corrected chi connectivity index (χ3v) is 5.52. The number of nitrogens with two attached hydrogens (primary N) is 1. The SMILES string of the molecule is CCn1c(C2=CC=CC(C(C)(C)C)C=C2)c(C#N)c2c1=CC(CC(N)=O)=CCC=2. The topological polar surface area (TPSA) is 71.8 Å². The number of amides is 1. The van der Waals surface area contributed by atoms with Crippen LogP contribution in [0.3, 0.4) is 0 Å². The van der Waals surface area contributed by atoms with Crippen LogP contribution in [-0.4, -0.2) is 10.5 Å². The normalized spacial score (nSPS) is 18.4. The van der Waals surface area contributed by atoms with Gasteiger partial charge < -0.3 is 10.3 Å². The molecule has 0 radical (unpaired) electrons. The minimum atomic E-state index is -0.348. The van der Waals surface area contributed by atoms with Crippen molar-refractivity contribution in [3.63, 3.8) is 0 Å². The third-order valence-electron chi connectivity index (χ3n) is 5.52. The van der Waals surface area contributed by atoms with Gasteiger partial charge in [-0.2, -0.15) is 5.26 Å². The maximum absolute atomic E-state index is 11.4. The molecule has 1 atom stereocenters. The molecule has 1 unspecified atom stereocenters. The van der Waals surface area contributed by atoms with Crippen LogP contribution in [-0.2, 0) is 11.3 Å². The number of carbonyl (C=O) groups is 1. The van der Waals surface area contributed by atoms with Crippen molar-refractivity contribution in [2.75, 3.05) is 0 Å². The van der Waals surface area contributed by atoms with Gasteiger partial charge in [0.05, 0.1) is 17.7 Å². The summed E-state index contributed by atoms with van der Waals surface area (Å²) in [7, 11) is 0. The number of primary amides is 1. The van der Waals surface area contributed by atoms with E-state index in [-0.39, 0.29) is 17.7 Å². The van der Waals surface area contributed by atoms with Gasteiger partial charge in [-0.25, -0.2) is 0 Å². The summed E-state index contributed by atoms with van der Waals surface area (Å²) in [5.41, 5.74) is 9.09. The highest BCUT2D eigenvalue weighted by Crippen LogP contribution is 2.31. The zero-order chi connectivity index (χ0) is 21.2. The lowest BCUT2D eigenvalue weighted by Crippen LogP contribution is -2.30. The molecule has 3 rings (SSSR count). The van der Waals surface area contributed by atoms with Gasteiger partial charge in [0.15, 0.2) is 0 Å². The van der Waals surface area contributed by atoms with Crippen molar-refractivity contribution in [1.82, 2.24) is 4.57 Å². The fourth-order valence-corrected chi connectivity index (χ4v) is 3.99. The Hall–Kier alpha value is -3.06. The Balaban J connectivity index is 2.21. The first-order valence-corrected chi connectivity index (χ1v) is 10.1. The standard InChI is InChI=1S/C25H29N3O/c1-5-28-22-14-17(15-23(27)29)8-6-11-20(22)21(16-26)24(28)18-9-7-10-19(13-12-18)25(2,3)4/h7-14,19H,5-6,15H2,1-4H3,(H2,27,29). The molecule has 1 heterocycles. The lowest BCUT2D eigenvalue weighted by Gasteiger charge is -2.24. The average Bonchev–Trinajstić information content (AvgIpc) is 2.84. The lowest BCUT2D eigenvalue weighted by atomic mass is 9.80. The molecule has 0 aliphatic heterocycles. The second-order valence-electron chi connectivity index (χ2n) is 8.64. The van der Waals surface area contributed by atoms with Crippen LogP contribution in [0.5, 0.6) is 0 Å². The molecule has 2 N–H and O–H groups in total. The van der Waals surface area contributed by atoms with Crippen molar-refractivity contribution in [2.24, 2.45) is 17.1 Å². The van der Waals surface area contributed by atoms with Crippen molar-refractivity contribution < 1.29 is 4.79 Å². The number of fused-ring (bicyclic) bond motifs is 1. The van der Waals surface area contributed by atoms with E-state index >= 15 is 0 Å². The monoisotopic (exact) mass is 387 g/mol. The van der Waals surface area contributed by atoms with Gasteiger partial charge in [-0.05, 0) is 36.0 Å². The Morgan fingerprint density at radius 2 is 2.07 bits per heavy atom. The molecule has 150 valence electrons. The number of nitrogens with zero attached hydrogens (tertiary/aromatic N) is 2. The summed E-state index contributed by atoms with van der Waals surface area (Å²) in [6.45, 7) is 9.49. The van der Waals surface area contributed by atoms with Gasteiger partial charge in [0.1, 0.15) is 6.07 Å². The number of nitriles is 1. The molecule has 4 nitrogen and oxygen atoms in total. The average molecular weight is 388 g/mol. The lowest BCUT2D eigenvalue weighted by molar-refractivity contribution is -0.117. The van der Waals surface area contributed by atoms with Gasteiger partial charge in [0, 0.05) is 23.0 Å². The molecule has 4 heteroatoms. The van der Waals surface area contributed by atoms with E-state index in [1.165, 1.54) is 0 Å². The van der Waals surface area contributed by atoms with Gasteiger partial charge in [-0.3, -0.25) is 4.79 Å². The number of aromatic nitrogens is 1. The quantitative estimate of drug-likeness (QED) is 0.861. The fraction of sp³-hybridized carbons (Fsp3) is 0.360. The number of hydrogen-bond acceptors (Lipinski definition) is 2. The van der Waals surface area contributed by atoms with Crippen molar-refractivity contribution in [3.8, 4) is 6.07 Å². The second kappa shape index (κ2) is 8.13. The first-order chi connectivity index (χ1) is 13.8. The van der Waals surface area contributed by atoms with Crippen LogP contribution in [0.25, 0.3) is 17.7 Å². The van der Waals surface area contributed by atoms with Gasteiger partial charge in [-0.1, -0.05) is 63.3 Å². The van der Waals surface area contributed by atoms with E-state index in [1.54, 1.807) is 0 Å². The van der Waals surface area contributed by atoms with E-state index in [9.17, 15) is 10.1 Å². The summed E-state index contributed by atoms with van der Waals surface area (Å²) in [5.74, 6) is -0.0214. The summed E-state index contributed by atoms with van der Waals surface area (Å²) in [4.78, 5) is 11.4. The third kappa shape index (κ3) is 4.19. The first-order valence-electron chi connectivity index (χ1n) is 10.1. The van der Waals surface area contributed by atoms with E-state index in [2.05, 4.69) is 74.8 Å². The number of allylic oxidation sites excluding steroid dienone is 7. The molecule has 0 fully saturated rings. The van der Waals surface area contributed by atoms with Gasteiger partial charge in [0.2, 0.25) is 5.91 Å². The molecular formula is C25H29N3O. The van der Waals surface area contributed by atoms with Gasteiger partial charge in [-0.15, -0.1) is 0 Å². The second-order valence-corrected chi connectivity index (χ2v) is 8.64. The molecule has 1 aromatic rings. The van der Waals surface area contributed by atoms with E-state index in [4.69, 9.17) is 5.73 Å². The predicted octanol–water partition coefficient (Wildman–Crippen LogP) is 3.32. The van der Waals surface area contributed by atoms with Crippen molar-refractivity contribution in [3.05, 3.63) is 63.9 Å². The number of carbonyl (C=O) groups excluding carboxylic acids is 1. The highest BCUT2D eigenvalue weighted by Gasteiger charge is 2.22. The maximum Gasteiger partial charge on any atom is 0.221 e. The number of rotatable bonds is 4. The van der Waals surface area contributed by atoms with Crippen LogP contribution in [0.2, 0.25) is 0 Å². The zero-order valence-electron chi connectivity index (χ0n) is 17.7. The first kappa shape index (κ1) is 20.7. The van der Waals surface area contributed by atoms with Crippen LogP contribution in [0.15, 0.2) is 42.0 Å². The van der Waals surface area contributed by atoms with Crippen LogP contribution in [0.4, 0.5) is 0 Å². The van der Waals surface area contributed by atoms with Crippen molar-refractivity contribution in [2.45, 2.75) is 47.1 Å². The molecular weight excluding hydrogens is 358 g/mol. The fourth-order valence-electron chi connectivity index (χ4n) is 3.99. The predicted molar refractivity (Wildman–Crippen MR) is 119 cm³/mol. The minimum Gasteiger partial charge on any atom is -0.369 e. The maximum atomic E-state index is 11.4. The van der Waals surface area contributed by atoms with Gasteiger partial charge >= 0.3 is 0 Å². The van der Waals surface area contributed by atoms with Crippen LogP contribution >= 0.6 is 0 Å². The van der Waals surface area contributed by atoms with Crippen LogP contribution in [0.1, 0.15) is 51.8 Å². The Labute approximate surface area is 172 Å². The Kier molecular flexibility index (Phi) is 5.79. The van der Waals surface area contributed by atoms with Gasteiger partial charge in [0.25, 0.3) is 0 Å². The van der Waals surface area contributed by atoms with E-state index in [0.29, 0.717) is 17.9 Å². The van der Waals surface area contributed by atoms with Crippen molar-refractivity contribution >= 4 is 23.6 Å². The Bertz CT molecular complexity index is 1110. The van der Waals surface area contributed by atoms with E-state index in [1.807, 2.05) is 12.2 Å². The molecule has 2 aliphatic carbocycles. The molecule has 29 heavy (non-hydrogen) atoms. The molecule has 0 aromatic carbocycles. The smallest absolute Gasteiger partial charge is 0.221 e. The Morgan fingerprint density at radius 3 is 2.69 bits per heavy atom. The molecule has 0 saturated heterocycles. The molecule has 0 saturated carbocycles. The largest absolute Gasteiger partial charge is 0.369 e.